The molecule has 0 bridgehead atoms. The highest BCUT2D eigenvalue weighted by molar-refractivity contribution is 7.23. The molecule has 0 saturated carbocycles. The molecular formula is C21H24N4O4S. The maximum absolute atomic E-state index is 12.7. The number of methoxy groups -OCH3 is 1. The van der Waals surface area contributed by atoms with Crippen LogP contribution in [0, 0.1) is 0 Å². The highest BCUT2D eigenvalue weighted by atomic mass is 32.1. The van der Waals surface area contributed by atoms with Crippen LogP contribution in [-0.2, 0) is 4.74 Å². The monoisotopic (exact) mass is 428 g/mol. The number of hydrogen-bond donors (Lipinski definition) is 1. The van der Waals surface area contributed by atoms with Crippen molar-refractivity contribution in [3.63, 3.8) is 0 Å². The molecule has 9 heteroatoms. The van der Waals surface area contributed by atoms with Gasteiger partial charge in [-0.25, -0.2) is 9.97 Å². The second-order valence-electron chi connectivity index (χ2n) is 7.09. The van der Waals surface area contributed by atoms with E-state index in [4.69, 9.17) is 14.2 Å². The molecule has 8 nitrogen and oxygen atoms in total. The third-order valence-corrected chi connectivity index (χ3v) is 5.63. The lowest BCUT2D eigenvalue weighted by Gasteiger charge is -2.29. The Morgan fingerprint density at radius 3 is 2.70 bits per heavy atom. The quantitative estimate of drug-likeness (QED) is 0.642. The molecule has 2 aromatic heterocycles. The van der Waals surface area contributed by atoms with Crippen LogP contribution in [-0.4, -0.2) is 55.4 Å². The molecular weight excluding hydrogens is 404 g/mol. The lowest BCUT2D eigenvalue weighted by Crippen LogP contribution is -2.36. The molecule has 0 atom stereocenters. The number of fused-ring (bicyclic) bond motifs is 1. The van der Waals surface area contributed by atoms with Gasteiger partial charge in [-0.1, -0.05) is 11.3 Å². The maximum Gasteiger partial charge on any atom is 0.259 e. The van der Waals surface area contributed by atoms with E-state index < -0.39 is 0 Å². The Bertz CT molecular complexity index is 1030. The number of rotatable bonds is 6. The van der Waals surface area contributed by atoms with E-state index in [0.29, 0.717) is 35.5 Å². The normalized spacial score (nSPS) is 14.2. The Labute approximate surface area is 178 Å². The van der Waals surface area contributed by atoms with Gasteiger partial charge in [0.1, 0.15) is 11.3 Å². The molecule has 4 rings (SSSR count). The number of amides is 1. The van der Waals surface area contributed by atoms with Crippen molar-refractivity contribution in [3.05, 3.63) is 36.0 Å². The highest BCUT2D eigenvalue weighted by Gasteiger charge is 2.20. The lowest BCUT2D eigenvalue weighted by atomic mass is 10.2. The average Bonchev–Trinajstić information content (AvgIpc) is 3.17. The van der Waals surface area contributed by atoms with Crippen LogP contribution >= 0.6 is 11.3 Å². The molecule has 1 aliphatic rings. The smallest absolute Gasteiger partial charge is 0.259 e. The number of nitrogens with zero attached hydrogens (tertiary/aromatic N) is 3. The minimum atomic E-state index is -0.274. The van der Waals surface area contributed by atoms with E-state index in [1.807, 2.05) is 26.0 Å². The van der Waals surface area contributed by atoms with Crippen molar-refractivity contribution in [3.8, 4) is 11.6 Å². The van der Waals surface area contributed by atoms with Gasteiger partial charge in [-0.3, -0.25) is 10.1 Å². The van der Waals surface area contributed by atoms with Crippen molar-refractivity contribution < 1.29 is 19.0 Å². The Kier molecular flexibility index (Phi) is 6.01. The number of carbonyl (C=O) groups is 1. The SMILES string of the molecule is COc1ccc(N2CCOCC2)c2sc(NC(=O)c3ccc(OC(C)C)nc3)nc12. The minimum Gasteiger partial charge on any atom is -0.494 e. The highest BCUT2D eigenvalue weighted by Crippen LogP contribution is 2.39. The number of carbonyl (C=O) groups excluding carboxylic acids is 1. The Morgan fingerprint density at radius 1 is 1.23 bits per heavy atom. The molecule has 30 heavy (non-hydrogen) atoms. The Hall–Kier alpha value is -2.91. The number of nitrogens with one attached hydrogen (secondary N) is 1. The third-order valence-electron chi connectivity index (χ3n) is 4.63. The zero-order valence-corrected chi connectivity index (χ0v) is 18.0. The second-order valence-corrected chi connectivity index (χ2v) is 8.09. The average molecular weight is 429 g/mol. The number of aromatic nitrogens is 2. The summed E-state index contributed by atoms with van der Waals surface area (Å²) in [6.07, 6.45) is 1.52. The molecule has 3 heterocycles. The molecule has 0 aliphatic carbocycles. The summed E-state index contributed by atoms with van der Waals surface area (Å²) in [6.45, 7) is 6.87. The van der Waals surface area contributed by atoms with Crippen molar-refractivity contribution in [2.75, 3.05) is 43.6 Å². The van der Waals surface area contributed by atoms with E-state index in [9.17, 15) is 4.79 Å². The van der Waals surface area contributed by atoms with Gasteiger partial charge < -0.3 is 19.1 Å². The first-order valence-electron chi connectivity index (χ1n) is 9.79. The molecule has 158 valence electrons. The molecule has 1 fully saturated rings. The van der Waals surface area contributed by atoms with Gasteiger partial charge in [0.25, 0.3) is 5.91 Å². The fraction of sp³-hybridized carbons (Fsp3) is 0.381. The molecule has 1 amide bonds. The van der Waals surface area contributed by atoms with Crippen molar-refractivity contribution in [2.45, 2.75) is 20.0 Å². The van der Waals surface area contributed by atoms with E-state index in [1.54, 1.807) is 19.2 Å². The van der Waals surface area contributed by atoms with Gasteiger partial charge in [0.15, 0.2) is 5.13 Å². The number of thiazole rings is 1. The second kappa shape index (κ2) is 8.85. The van der Waals surface area contributed by atoms with Gasteiger partial charge in [0, 0.05) is 25.4 Å². The summed E-state index contributed by atoms with van der Waals surface area (Å²) in [5.74, 6) is 0.890. The maximum atomic E-state index is 12.7. The molecule has 0 unspecified atom stereocenters. The summed E-state index contributed by atoms with van der Waals surface area (Å²) < 4.78 is 17.4. The van der Waals surface area contributed by atoms with E-state index in [2.05, 4.69) is 20.2 Å². The van der Waals surface area contributed by atoms with Crippen molar-refractivity contribution in [1.29, 1.82) is 0 Å². The zero-order chi connectivity index (χ0) is 21.1. The van der Waals surface area contributed by atoms with Crippen LogP contribution in [0.5, 0.6) is 11.6 Å². The van der Waals surface area contributed by atoms with Gasteiger partial charge in [-0.05, 0) is 32.0 Å². The summed E-state index contributed by atoms with van der Waals surface area (Å²) in [4.78, 5) is 23.8. The first kappa shape index (κ1) is 20.4. The topological polar surface area (TPSA) is 85.8 Å². The van der Waals surface area contributed by atoms with Crippen LogP contribution in [0.15, 0.2) is 30.5 Å². The fourth-order valence-corrected chi connectivity index (χ4v) is 4.26. The Morgan fingerprint density at radius 2 is 2.03 bits per heavy atom. The van der Waals surface area contributed by atoms with Crippen LogP contribution in [0.3, 0.4) is 0 Å². The number of anilines is 2. The standard InChI is InChI=1S/C21H24N4O4S/c1-13(2)29-17-7-4-14(12-22-17)20(26)24-21-23-18-16(27-3)6-5-15(19(18)30-21)25-8-10-28-11-9-25/h4-7,12-13H,8-11H2,1-3H3,(H,23,24,26). The van der Waals surface area contributed by atoms with E-state index in [0.717, 1.165) is 29.0 Å². The summed E-state index contributed by atoms with van der Waals surface area (Å²) in [5, 5.41) is 3.39. The van der Waals surface area contributed by atoms with Crippen LogP contribution in [0.2, 0.25) is 0 Å². The summed E-state index contributed by atoms with van der Waals surface area (Å²) in [5.41, 5.74) is 2.25. The lowest BCUT2D eigenvalue weighted by molar-refractivity contribution is 0.102. The van der Waals surface area contributed by atoms with Crippen molar-refractivity contribution >= 4 is 38.3 Å². The van der Waals surface area contributed by atoms with Crippen molar-refractivity contribution in [1.82, 2.24) is 9.97 Å². The summed E-state index contributed by atoms with van der Waals surface area (Å²) >= 11 is 1.43. The fourth-order valence-electron chi connectivity index (χ4n) is 3.24. The number of hydrogen-bond acceptors (Lipinski definition) is 8. The predicted molar refractivity (Wildman–Crippen MR) is 117 cm³/mol. The van der Waals surface area contributed by atoms with Crippen LogP contribution in [0.25, 0.3) is 10.2 Å². The van der Waals surface area contributed by atoms with E-state index >= 15 is 0 Å². The van der Waals surface area contributed by atoms with E-state index in [-0.39, 0.29) is 12.0 Å². The predicted octanol–water partition coefficient (Wildman–Crippen LogP) is 3.58. The Balaban J connectivity index is 1.58. The minimum absolute atomic E-state index is 0.0237. The molecule has 1 N–H and O–H groups in total. The van der Waals surface area contributed by atoms with Gasteiger partial charge in [0.2, 0.25) is 5.88 Å². The van der Waals surface area contributed by atoms with Crippen LogP contribution < -0.4 is 19.7 Å². The van der Waals surface area contributed by atoms with Gasteiger partial charge in [-0.2, -0.15) is 0 Å². The number of pyridine rings is 1. The summed E-state index contributed by atoms with van der Waals surface area (Å²) in [6, 6.07) is 7.32. The van der Waals surface area contributed by atoms with Gasteiger partial charge in [0.05, 0.1) is 42.4 Å². The molecule has 1 saturated heterocycles. The van der Waals surface area contributed by atoms with Crippen LogP contribution in [0.1, 0.15) is 24.2 Å². The van der Waals surface area contributed by atoms with E-state index in [1.165, 1.54) is 17.5 Å². The zero-order valence-electron chi connectivity index (χ0n) is 17.2. The molecule has 3 aromatic rings. The first-order chi connectivity index (χ1) is 14.5. The molecule has 0 radical (unpaired) electrons. The summed E-state index contributed by atoms with van der Waals surface area (Å²) in [7, 11) is 1.62. The first-order valence-corrected chi connectivity index (χ1v) is 10.6. The third kappa shape index (κ3) is 4.31. The van der Waals surface area contributed by atoms with Crippen LogP contribution in [0.4, 0.5) is 10.8 Å². The number of benzene rings is 1. The molecule has 1 aliphatic heterocycles. The largest absolute Gasteiger partial charge is 0.494 e. The molecule has 0 spiro atoms. The van der Waals surface area contributed by atoms with Gasteiger partial charge in [-0.15, -0.1) is 0 Å². The van der Waals surface area contributed by atoms with Crippen molar-refractivity contribution in [2.24, 2.45) is 0 Å². The number of morpholine rings is 1. The number of ether oxygens (including phenoxy) is 3. The van der Waals surface area contributed by atoms with Gasteiger partial charge >= 0.3 is 0 Å². The molecule has 1 aromatic carbocycles.